The van der Waals surface area contributed by atoms with E-state index in [-0.39, 0.29) is 0 Å². The second kappa shape index (κ2) is 9.82. The maximum Gasteiger partial charge on any atom is 0.191 e. The van der Waals surface area contributed by atoms with Crippen LogP contribution < -0.4 is 20.1 Å². The number of hydrogen-bond donors (Lipinski definition) is 2. The highest BCUT2D eigenvalue weighted by molar-refractivity contribution is 7.09. The van der Waals surface area contributed by atoms with Crippen LogP contribution in [0.1, 0.15) is 17.4 Å². The number of benzene rings is 1. The molecule has 0 aliphatic rings. The number of methoxy groups -OCH3 is 2. The van der Waals surface area contributed by atoms with Crippen LogP contribution in [0.3, 0.4) is 0 Å². The van der Waals surface area contributed by atoms with E-state index < -0.39 is 0 Å². The zero-order valence-corrected chi connectivity index (χ0v) is 15.3. The van der Waals surface area contributed by atoms with E-state index in [2.05, 4.69) is 40.1 Å². The van der Waals surface area contributed by atoms with Gasteiger partial charge in [-0.25, -0.2) is 4.99 Å². The molecule has 5 nitrogen and oxygen atoms in total. The van der Waals surface area contributed by atoms with Crippen molar-refractivity contribution < 1.29 is 9.47 Å². The summed E-state index contributed by atoms with van der Waals surface area (Å²) in [5, 5.41) is 8.71. The molecule has 0 spiro atoms. The molecular weight excluding hydrogens is 322 g/mol. The molecule has 0 aliphatic heterocycles. The Hall–Kier alpha value is -2.21. The first-order valence-corrected chi connectivity index (χ1v) is 8.90. The number of rotatable bonds is 8. The molecule has 6 heteroatoms. The van der Waals surface area contributed by atoms with E-state index in [0.717, 1.165) is 37.0 Å². The molecule has 0 atom stereocenters. The van der Waals surface area contributed by atoms with Crippen molar-refractivity contribution in [3.8, 4) is 11.5 Å². The summed E-state index contributed by atoms with van der Waals surface area (Å²) in [6, 6.07) is 10.1. The number of nitrogens with one attached hydrogen (secondary N) is 2. The van der Waals surface area contributed by atoms with Gasteiger partial charge in [-0.1, -0.05) is 12.1 Å². The van der Waals surface area contributed by atoms with Gasteiger partial charge in [0.1, 0.15) is 0 Å². The fourth-order valence-corrected chi connectivity index (χ4v) is 2.89. The molecule has 2 N–H and O–H groups in total. The number of thiophene rings is 1. The van der Waals surface area contributed by atoms with Crippen LogP contribution in [0.2, 0.25) is 0 Å². The number of hydrogen-bond acceptors (Lipinski definition) is 4. The number of nitrogens with zero attached hydrogens (tertiary/aromatic N) is 1. The van der Waals surface area contributed by atoms with Crippen molar-refractivity contribution in [2.45, 2.75) is 19.9 Å². The Morgan fingerprint density at radius 2 is 1.96 bits per heavy atom. The van der Waals surface area contributed by atoms with Gasteiger partial charge < -0.3 is 20.1 Å². The van der Waals surface area contributed by atoms with Crippen LogP contribution in [0.15, 0.2) is 40.7 Å². The fourth-order valence-electron chi connectivity index (χ4n) is 2.26. The highest BCUT2D eigenvalue weighted by Gasteiger charge is 2.05. The largest absolute Gasteiger partial charge is 0.493 e. The maximum atomic E-state index is 5.34. The predicted molar refractivity (Wildman–Crippen MR) is 100 cm³/mol. The van der Waals surface area contributed by atoms with Gasteiger partial charge in [-0.3, -0.25) is 0 Å². The molecule has 2 aromatic rings. The van der Waals surface area contributed by atoms with Crippen molar-refractivity contribution in [3.05, 3.63) is 46.2 Å². The third kappa shape index (κ3) is 5.45. The monoisotopic (exact) mass is 347 g/mol. The Labute approximate surface area is 147 Å². The van der Waals surface area contributed by atoms with E-state index in [1.165, 1.54) is 10.4 Å². The summed E-state index contributed by atoms with van der Waals surface area (Å²) >= 11 is 1.72. The lowest BCUT2D eigenvalue weighted by Gasteiger charge is -2.12. The summed E-state index contributed by atoms with van der Waals surface area (Å²) in [6.07, 6.45) is 0.879. The van der Waals surface area contributed by atoms with Gasteiger partial charge in [-0.15, -0.1) is 11.3 Å². The zero-order chi connectivity index (χ0) is 17.2. The van der Waals surface area contributed by atoms with E-state index in [1.54, 1.807) is 25.6 Å². The van der Waals surface area contributed by atoms with Crippen molar-refractivity contribution in [2.24, 2.45) is 4.99 Å². The van der Waals surface area contributed by atoms with Crippen molar-refractivity contribution in [1.29, 1.82) is 0 Å². The average Bonchev–Trinajstić information content (AvgIpc) is 3.13. The average molecular weight is 347 g/mol. The van der Waals surface area contributed by atoms with Crippen LogP contribution in [0.25, 0.3) is 0 Å². The smallest absolute Gasteiger partial charge is 0.191 e. The van der Waals surface area contributed by atoms with Gasteiger partial charge in [0.2, 0.25) is 0 Å². The van der Waals surface area contributed by atoms with E-state index in [9.17, 15) is 0 Å². The third-order valence-electron chi connectivity index (χ3n) is 3.47. The van der Waals surface area contributed by atoms with Gasteiger partial charge >= 0.3 is 0 Å². The normalized spacial score (nSPS) is 11.2. The first kappa shape index (κ1) is 18.1. The van der Waals surface area contributed by atoms with Crippen LogP contribution in [-0.4, -0.2) is 33.3 Å². The van der Waals surface area contributed by atoms with E-state index in [1.807, 2.05) is 18.2 Å². The molecule has 0 bridgehead atoms. The Kier molecular flexibility index (Phi) is 7.42. The number of aliphatic imine (C=N–C) groups is 1. The molecule has 1 heterocycles. The number of guanidine groups is 1. The van der Waals surface area contributed by atoms with Crippen LogP contribution >= 0.6 is 11.3 Å². The summed E-state index contributed by atoms with van der Waals surface area (Å²) in [5.41, 5.74) is 1.19. The first-order valence-electron chi connectivity index (χ1n) is 8.02. The highest BCUT2D eigenvalue weighted by Crippen LogP contribution is 2.27. The van der Waals surface area contributed by atoms with Crippen LogP contribution in [-0.2, 0) is 13.0 Å². The Morgan fingerprint density at radius 3 is 2.62 bits per heavy atom. The summed E-state index contributed by atoms with van der Waals surface area (Å²) < 4.78 is 10.6. The van der Waals surface area contributed by atoms with Crippen molar-refractivity contribution >= 4 is 17.3 Å². The second-order valence-corrected chi connectivity index (χ2v) is 6.17. The molecule has 130 valence electrons. The summed E-state index contributed by atoms with van der Waals surface area (Å²) in [5.74, 6) is 2.35. The molecule has 0 unspecified atom stereocenters. The minimum Gasteiger partial charge on any atom is -0.493 e. The molecule has 2 rings (SSSR count). The van der Waals surface area contributed by atoms with Crippen LogP contribution in [0.4, 0.5) is 0 Å². The molecule has 0 radical (unpaired) electrons. The van der Waals surface area contributed by atoms with Crippen molar-refractivity contribution in [3.63, 3.8) is 0 Å². The Balaban J connectivity index is 1.89. The van der Waals surface area contributed by atoms with Gasteiger partial charge in [-0.05, 0) is 42.5 Å². The molecule has 0 aliphatic carbocycles. The molecule has 0 saturated heterocycles. The van der Waals surface area contributed by atoms with Gasteiger partial charge in [0, 0.05) is 18.0 Å². The summed E-state index contributed by atoms with van der Waals surface area (Å²) in [6.45, 7) is 4.40. The standard InChI is InChI=1S/C18H25N3O2S/c1-4-19-18(21-13-15-6-5-11-24-15)20-10-9-14-7-8-16(22-2)17(12-14)23-3/h5-8,11-12H,4,9-10,13H2,1-3H3,(H2,19,20,21). The summed E-state index contributed by atoms with van der Waals surface area (Å²) in [7, 11) is 3.30. The van der Waals surface area contributed by atoms with Gasteiger partial charge in [-0.2, -0.15) is 0 Å². The second-order valence-electron chi connectivity index (χ2n) is 5.14. The Bertz CT molecular complexity index is 642. The Morgan fingerprint density at radius 1 is 1.12 bits per heavy atom. The van der Waals surface area contributed by atoms with E-state index >= 15 is 0 Å². The third-order valence-corrected chi connectivity index (χ3v) is 4.33. The molecular formula is C18H25N3O2S. The topological polar surface area (TPSA) is 54.9 Å². The minimum absolute atomic E-state index is 0.698. The highest BCUT2D eigenvalue weighted by atomic mass is 32.1. The molecule has 0 amide bonds. The van der Waals surface area contributed by atoms with E-state index in [4.69, 9.17) is 9.47 Å². The minimum atomic E-state index is 0.698. The summed E-state index contributed by atoms with van der Waals surface area (Å²) in [4.78, 5) is 5.86. The van der Waals surface area contributed by atoms with Gasteiger partial charge in [0.25, 0.3) is 0 Å². The lowest BCUT2D eigenvalue weighted by Crippen LogP contribution is -2.38. The molecule has 0 saturated carbocycles. The lowest BCUT2D eigenvalue weighted by molar-refractivity contribution is 0.354. The molecule has 1 aromatic heterocycles. The van der Waals surface area contributed by atoms with Gasteiger partial charge in [0.05, 0.1) is 20.8 Å². The maximum absolute atomic E-state index is 5.34. The lowest BCUT2D eigenvalue weighted by atomic mass is 10.1. The molecule has 1 aromatic carbocycles. The van der Waals surface area contributed by atoms with Crippen molar-refractivity contribution in [2.75, 3.05) is 27.3 Å². The zero-order valence-electron chi connectivity index (χ0n) is 14.5. The fraction of sp³-hybridized carbons (Fsp3) is 0.389. The first-order chi connectivity index (χ1) is 11.8. The van der Waals surface area contributed by atoms with E-state index in [0.29, 0.717) is 6.54 Å². The van der Waals surface area contributed by atoms with Crippen LogP contribution in [0, 0.1) is 0 Å². The van der Waals surface area contributed by atoms with Crippen LogP contribution in [0.5, 0.6) is 11.5 Å². The quantitative estimate of drug-likeness (QED) is 0.569. The van der Waals surface area contributed by atoms with Crippen molar-refractivity contribution in [1.82, 2.24) is 10.6 Å². The molecule has 0 fully saturated rings. The predicted octanol–water partition coefficient (Wildman–Crippen LogP) is 3.06. The number of ether oxygens (including phenoxy) is 2. The molecule has 24 heavy (non-hydrogen) atoms. The SMILES string of the molecule is CCNC(=NCc1cccs1)NCCc1ccc(OC)c(OC)c1. The van der Waals surface area contributed by atoms with Gasteiger partial charge in [0.15, 0.2) is 17.5 Å².